The molecule has 0 saturated carbocycles. The first-order valence-electron chi connectivity index (χ1n) is 11.2. The zero-order valence-corrected chi connectivity index (χ0v) is 18.5. The van der Waals surface area contributed by atoms with Crippen molar-refractivity contribution in [2.75, 3.05) is 6.61 Å². The predicted octanol–water partition coefficient (Wildman–Crippen LogP) is 7.53. The van der Waals surface area contributed by atoms with Crippen molar-refractivity contribution in [3.63, 3.8) is 0 Å². The highest BCUT2D eigenvalue weighted by Crippen LogP contribution is 2.26. The smallest absolute Gasteiger partial charge is 0.131 e. The lowest BCUT2D eigenvalue weighted by Crippen LogP contribution is -2.08. The van der Waals surface area contributed by atoms with E-state index in [9.17, 15) is 9.50 Å². The molecule has 0 saturated heterocycles. The van der Waals surface area contributed by atoms with Gasteiger partial charge in [-0.15, -0.1) is 0 Å². The molecule has 164 valence electrons. The number of aromatic hydroxyl groups is 1. The van der Waals surface area contributed by atoms with E-state index in [2.05, 4.69) is 18.8 Å². The maximum Gasteiger partial charge on any atom is 0.131 e. The minimum atomic E-state index is -0.256. The summed E-state index contributed by atoms with van der Waals surface area (Å²) < 4.78 is 20.4. The van der Waals surface area contributed by atoms with Gasteiger partial charge in [-0.25, -0.2) is 4.39 Å². The van der Waals surface area contributed by atoms with Gasteiger partial charge in [-0.2, -0.15) is 0 Å². The summed E-state index contributed by atoms with van der Waals surface area (Å²) in [5, 5.41) is 11.4. The van der Waals surface area contributed by atoms with Crippen LogP contribution >= 0.6 is 0 Å². The van der Waals surface area contributed by atoms with E-state index in [1.165, 1.54) is 18.9 Å². The van der Waals surface area contributed by atoms with Crippen molar-refractivity contribution >= 4 is 16.8 Å². The third kappa shape index (κ3) is 6.90. The van der Waals surface area contributed by atoms with Crippen molar-refractivity contribution in [2.24, 2.45) is 0 Å². The molecule has 0 aliphatic rings. The van der Waals surface area contributed by atoms with Crippen LogP contribution in [0.3, 0.4) is 0 Å². The zero-order chi connectivity index (χ0) is 22.1. The molecule has 0 bridgehead atoms. The van der Waals surface area contributed by atoms with Crippen molar-refractivity contribution in [2.45, 2.75) is 58.5 Å². The first-order valence-corrected chi connectivity index (χ1v) is 11.2. The summed E-state index contributed by atoms with van der Waals surface area (Å²) in [6.07, 6.45) is 12.4. The van der Waals surface area contributed by atoms with E-state index in [1.54, 1.807) is 24.4 Å². The molecule has 0 radical (unpaired) electrons. The molecule has 3 nitrogen and oxygen atoms in total. The monoisotopic (exact) mass is 421 g/mol. The fourth-order valence-corrected chi connectivity index (χ4v) is 3.56. The fraction of sp³-hybridized carbons (Fsp3) is 0.370. The average molecular weight is 422 g/mol. The fourth-order valence-electron chi connectivity index (χ4n) is 3.56. The molecule has 4 heteroatoms. The molecule has 0 fully saturated rings. The molecule has 1 atom stereocenters. The van der Waals surface area contributed by atoms with E-state index in [4.69, 9.17) is 4.74 Å². The number of allylic oxidation sites excluding steroid dienone is 1. The molecule has 31 heavy (non-hydrogen) atoms. The number of rotatable bonds is 11. The van der Waals surface area contributed by atoms with Crippen LogP contribution in [0.1, 0.15) is 57.9 Å². The van der Waals surface area contributed by atoms with Crippen LogP contribution in [0.15, 0.2) is 54.7 Å². The Morgan fingerprint density at radius 2 is 1.94 bits per heavy atom. The second kappa shape index (κ2) is 11.6. The van der Waals surface area contributed by atoms with Crippen LogP contribution in [0.25, 0.3) is 28.1 Å². The lowest BCUT2D eigenvalue weighted by Gasteiger charge is -2.12. The Balaban J connectivity index is 1.53. The van der Waals surface area contributed by atoms with Crippen LogP contribution < -0.4 is 0 Å². The van der Waals surface area contributed by atoms with Crippen molar-refractivity contribution < 1.29 is 14.2 Å². The molecule has 2 aromatic carbocycles. The van der Waals surface area contributed by atoms with E-state index < -0.39 is 0 Å². The van der Waals surface area contributed by atoms with Crippen LogP contribution in [-0.4, -0.2) is 22.8 Å². The number of phenolic OH excluding ortho intramolecular Hbond substituents is 1. The normalized spacial score (nSPS) is 12.6. The highest BCUT2D eigenvalue weighted by molar-refractivity contribution is 5.86. The summed E-state index contributed by atoms with van der Waals surface area (Å²) >= 11 is 0. The molecule has 1 unspecified atom stereocenters. The van der Waals surface area contributed by atoms with E-state index >= 15 is 0 Å². The molecule has 1 heterocycles. The summed E-state index contributed by atoms with van der Waals surface area (Å²) in [5.41, 5.74) is 2.03. The minimum absolute atomic E-state index is 0.207. The number of halogens is 1. The van der Waals surface area contributed by atoms with Crippen molar-refractivity contribution in [1.29, 1.82) is 0 Å². The van der Waals surface area contributed by atoms with Gasteiger partial charge in [-0.3, -0.25) is 4.98 Å². The summed E-state index contributed by atoms with van der Waals surface area (Å²) in [6.45, 7) is 5.16. The molecule has 0 amide bonds. The SMILES string of the molecule is CCCCCOC(C)CCCC=Cc1ccc(-c2cc3ccc(O)cc3cn2)cc1F. The first-order chi connectivity index (χ1) is 15.1. The van der Waals surface area contributed by atoms with Crippen LogP contribution in [0.4, 0.5) is 4.39 Å². The van der Waals surface area contributed by atoms with Gasteiger partial charge < -0.3 is 9.84 Å². The van der Waals surface area contributed by atoms with Crippen molar-refractivity contribution in [1.82, 2.24) is 4.98 Å². The lowest BCUT2D eigenvalue weighted by molar-refractivity contribution is 0.0566. The van der Waals surface area contributed by atoms with Gasteiger partial charge in [0.25, 0.3) is 0 Å². The number of nitrogens with zero attached hydrogens (tertiary/aromatic N) is 1. The molecule has 0 spiro atoms. The van der Waals surface area contributed by atoms with E-state index in [-0.39, 0.29) is 17.7 Å². The van der Waals surface area contributed by atoms with Gasteiger partial charge in [0.2, 0.25) is 0 Å². The Kier molecular flexibility index (Phi) is 8.60. The maximum absolute atomic E-state index is 14.6. The molecule has 3 rings (SSSR count). The Labute approximate surface area is 184 Å². The Bertz CT molecular complexity index is 1020. The van der Waals surface area contributed by atoms with Crippen LogP contribution in [0, 0.1) is 5.82 Å². The summed E-state index contributed by atoms with van der Waals surface area (Å²) in [7, 11) is 0. The molecule has 0 aliphatic carbocycles. The van der Waals surface area contributed by atoms with Gasteiger partial charge in [0.15, 0.2) is 0 Å². The first kappa shape index (κ1) is 23.0. The number of hydrogen-bond acceptors (Lipinski definition) is 3. The zero-order valence-electron chi connectivity index (χ0n) is 18.5. The Morgan fingerprint density at radius 3 is 2.74 bits per heavy atom. The average Bonchev–Trinajstić information content (AvgIpc) is 2.77. The summed E-state index contributed by atoms with van der Waals surface area (Å²) in [5.74, 6) is -0.0489. The number of hydrogen-bond donors (Lipinski definition) is 1. The van der Waals surface area contributed by atoms with E-state index in [0.29, 0.717) is 11.3 Å². The van der Waals surface area contributed by atoms with Gasteiger partial charge in [-0.05, 0) is 62.3 Å². The lowest BCUT2D eigenvalue weighted by atomic mass is 10.0. The minimum Gasteiger partial charge on any atom is -0.508 e. The number of phenols is 1. The van der Waals surface area contributed by atoms with Gasteiger partial charge in [0.05, 0.1) is 11.8 Å². The number of unbranched alkanes of at least 4 members (excludes halogenated alkanes) is 3. The predicted molar refractivity (Wildman–Crippen MR) is 127 cm³/mol. The van der Waals surface area contributed by atoms with E-state index in [0.717, 1.165) is 48.6 Å². The van der Waals surface area contributed by atoms with Crippen LogP contribution in [0.2, 0.25) is 0 Å². The topological polar surface area (TPSA) is 42.4 Å². The highest BCUT2D eigenvalue weighted by atomic mass is 19.1. The maximum atomic E-state index is 14.6. The number of ether oxygens (including phenoxy) is 1. The highest BCUT2D eigenvalue weighted by Gasteiger charge is 2.06. The van der Waals surface area contributed by atoms with Crippen molar-refractivity contribution in [3.8, 4) is 17.0 Å². The van der Waals surface area contributed by atoms with Gasteiger partial charge >= 0.3 is 0 Å². The molecule has 3 aromatic rings. The number of aromatic nitrogens is 1. The van der Waals surface area contributed by atoms with E-state index in [1.807, 2.05) is 30.4 Å². The van der Waals surface area contributed by atoms with Gasteiger partial charge in [0.1, 0.15) is 11.6 Å². The van der Waals surface area contributed by atoms with Gasteiger partial charge in [-0.1, -0.05) is 50.1 Å². The van der Waals surface area contributed by atoms with Crippen LogP contribution in [-0.2, 0) is 4.74 Å². The quantitative estimate of drug-likeness (QED) is 0.325. The molecular weight excluding hydrogens is 389 g/mol. The summed E-state index contributed by atoms with van der Waals surface area (Å²) in [6, 6.07) is 12.3. The Morgan fingerprint density at radius 1 is 1.06 bits per heavy atom. The standard InChI is InChI=1S/C27H32FNO2/c1-3-4-8-15-31-20(2)9-6-5-7-10-21-11-12-23(17-26(21)28)27-18-22-13-14-25(30)16-24(22)19-29-27/h7,10-14,16-20,30H,3-6,8-9,15H2,1-2H3. The Hall–Kier alpha value is -2.72. The second-order valence-corrected chi connectivity index (χ2v) is 8.06. The van der Waals surface area contributed by atoms with Crippen LogP contribution in [0.5, 0.6) is 5.75 Å². The third-order valence-electron chi connectivity index (χ3n) is 5.43. The molecule has 1 N–H and O–H groups in total. The third-order valence-corrected chi connectivity index (χ3v) is 5.43. The molecule has 0 aliphatic heterocycles. The summed E-state index contributed by atoms with van der Waals surface area (Å²) in [4.78, 5) is 4.42. The second-order valence-electron chi connectivity index (χ2n) is 8.06. The van der Waals surface area contributed by atoms with Crippen molar-refractivity contribution in [3.05, 3.63) is 66.1 Å². The molecular formula is C27H32FNO2. The largest absolute Gasteiger partial charge is 0.508 e. The number of benzene rings is 2. The number of pyridine rings is 1. The molecule has 1 aromatic heterocycles. The number of fused-ring (bicyclic) bond motifs is 1. The van der Waals surface area contributed by atoms with Gasteiger partial charge in [0, 0.05) is 29.3 Å².